The Hall–Kier alpha value is -2.21. The highest BCUT2D eigenvalue weighted by molar-refractivity contribution is 7.17. The van der Waals surface area contributed by atoms with Crippen molar-refractivity contribution in [1.82, 2.24) is 4.98 Å². The van der Waals surface area contributed by atoms with Crippen LogP contribution in [-0.4, -0.2) is 24.0 Å². The molecule has 6 heteroatoms. The average molecular weight is 344 g/mol. The summed E-state index contributed by atoms with van der Waals surface area (Å²) >= 11 is 1.50. The van der Waals surface area contributed by atoms with Crippen LogP contribution in [0.1, 0.15) is 56.8 Å². The first kappa shape index (κ1) is 16.6. The van der Waals surface area contributed by atoms with Crippen molar-refractivity contribution >= 4 is 28.2 Å². The summed E-state index contributed by atoms with van der Waals surface area (Å²) in [5.41, 5.74) is 2.04. The van der Waals surface area contributed by atoms with Gasteiger partial charge in [-0.2, -0.15) is 0 Å². The number of pyridine rings is 1. The van der Waals surface area contributed by atoms with Gasteiger partial charge in [-0.05, 0) is 43.4 Å². The van der Waals surface area contributed by atoms with E-state index in [4.69, 9.17) is 4.74 Å². The van der Waals surface area contributed by atoms with E-state index in [0.29, 0.717) is 16.1 Å². The Bertz CT molecular complexity index is 740. The van der Waals surface area contributed by atoms with Crippen LogP contribution in [0.4, 0.5) is 5.00 Å². The Labute approximate surface area is 145 Å². The van der Waals surface area contributed by atoms with Crippen LogP contribution in [-0.2, 0) is 17.6 Å². The van der Waals surface area contributed by atoms with E-state index >= 15 is 0 Å². The predicted octanol–water partition coefficient (Wildman–Crippen LogP) is 3.84. The van der Waals surface area contributed by atoms with Crippen molar-refractivity contribution in [2.75, 3.05) is 12.4 Å². The Morgan fingerprint density at radius 3 is 2.71 bits per heavy atom. The maximum absolute atomic E-state index is 12.4. The minimum absolute atomic E-state index is 0.262. The largest absolute Gasteiger partial charge is 0.465 e. The number of hydrogen-bond acceptors (Lipinski definition) is 5. The SMILES string of the molecule is COC(=O)c1c(NC(=O)c2cccnc2)sc2c1CCCCCC2. The monoisotopic (exact) mass is 344 g/mol. The first-order chi connectivity index (χ1) is 11.7. The smallest absolute Gasteiger partial charge is 0.341 e. The molecule has 2 aromatic rings. The molecular formula is C18H20N2O3S. The zero-order chi connectivity index (χ0) is 16.9. The molecule has 0 saturated carbocycles. The van der Waals surface area contributed by atoms with Crippen LogP contribution in [0.5, 0.6) is 0 Å². The Morgan fingerprint density at radius 2 is 2.00 bits per heavy atom. The first-order valence-corrected chi connectivity index (χ1v) is 8.96. The minimum Gasteiger partial charge on any atom is -0.465 e. The van der Waals surface area contributed by atoms with E-state index in [2.05, 4.69) is 10.3 Å². The number of ether oxygens (including phenoxy) is 1. The van der Waals surface area contributed by atoms with E-state index in [0.717, 1.165) is 31.2 Å². The first-order valence-electron chi connectivity index (χ1n) is 8.15. The highest BCUT2D eigenvalue weighted by Gasteiger charge is 2.26. The molecule has 1 aliphatic carbocycles. The predicted molar refractivity (Wildman–Crippen MR) is 93.7 cm³/mol. The van der Waals surface area contributed by atoms with Gasteiger partial charge in [0.2, 0.25) is 0 Å². The summed E-state index contributed by atoms with van der Waals surface area (Å²) in [6.45, 7) is 0. The molecule has 1 aliphatic rings. The topological polar surface area (TPSA) is 68.3 Å². The van der Waals surface area contributed by atoms with Gasteiger partial charge in [-0.15, -0.1) is 11.3 Å². The van der Waals surface area contributed by atoms with Gasteiger partial charge in [-0.1, -0.05) is 12.8 Å². The molecule has 1 amide bonds. The fourth-order valence-electron chi connectivity index (χ4n) is 3.00. The lowest BCUT2D eigenvalue weighted by atomic mass is 9.96. The number of carbonyl (C=O) groups is 2. The summed E-state index contributed by atoms with van der Waals surface area (Å²) in [6, 6.07) is 3.41. The van der Waals surface area contributed by atoms with E-state index < -0.39 is 0 Å². The van der Waals surface area contributed by atoms with Crippen LogP contribution < -0.4 is 5.32 Å². The number of nitrogens with zero attached hydrogens (tertiary/aromatic N) is 1. The van der Waals surface area contributed by atoms with Crippen LogP contribution in [0.3, 0.4) is 0 Å². The van der Waals surface area contributed by atoms with Gasteiger partial charge < -0.3 is 10.1 Å². The summed E-state index contributed by atoms with van der Waals surface area (Å²) in [6.07, 6.45) is 9.50. The second-order valence-electron chi connectivity index (χ2n) is 5.81. The maximum Gasteiger partial charge on any atom is 0.341 e. The molecule has 24 heavy (non-hydrogen) atoms. The molecular weight excluding hydrogens is 324 g/mol. The molecule has 3 rings (SSSR count). The average Bonchev–Trinajstić information content (AvgIpc) is 2.91. The number of methoxy groups -OCH3 is 1. The quantitative estimate of drug-likeness (QED) is 0.859. The highest BCUT2D eigenvalue weighted by atomic mass is 32.1. The summed E-state index contributed by atoms with van der Waals surface area (Å²) in [5, 5.41) is 3.46. The number of amides is 1. The van der Waals surface area contributed by atoms with Crippen LogP contribution in [0, 0.1) is 0 Å². The summed E-state index contributed by atoms with van der Waals surface area (Å²) in [4.78, 5) is 29.9. The van der Waals surface area contributed by atoms with E-state index in [9.17, 15) is 9.59 Å². The standard InChI is InChI=1S/C18H20N2O3S/c1-23-18(22)15-13-8-4-2-3-5-9-14(13)24-17(15)20-16(21)12-7-6-10-19-11-12/h6-7,10-11H,2-5,8-9H2,1H3,(H,20,21). The Balaban J connectivity index is 1.95. The molecule has 0 fully saturated rings. The normalized spacial score (nSPS) is 14.2. The number of anilines is 1. The van der Waals surface area contributed by atoms with Gasteiger partial charge in [-0.3, -0.25) is 9.78 Å². The summed E-state index contributed by atoms with van der Waals surface area (Å²) in [7, 11) is 1.38. The number of rotatable bonds is 3. The molecule has 0 saturated heterocycles. The minimum atomic E-state index is -0.380. The molecule has 0 radical (unpaired) electrons. The van der Waals surface area contributed by atoms with E-state index in [1.807, 2.05) is 0 Å². The summed E-state index contributed by atoms with van der Waals surface area (Å²) < 4.78 is 4.96. The molecule has 0 unspecified atom stereocenters. The van der Waals surface area contributed by atoms with Crippen molar-refractivity contribution in [2.24, 2.45) is 0 Å². The van der Waals surface area contributed by atoms with Crippen LogP contribution in [0.25, 0.3) is 0 Å². The van der Waals surface area contributed by atoms with Gasteiger partial charge in [0.1, 0.15) is 5.00 Å². The molecule has 0 bridgehead atoms. The van der Waals surface area contributed by atoms with Crippen molar-refractivity contribution in [3.8, 4) is 0 Å². The second-order valence-corrected chi connectivity index (χ2v) is 6.91. The fourth-order valence-corrected chi connectivity index (χ4v) is 4.27. The molecule has 2 aromatic heterocycles. The van der Waals surface area contributed by atoms with Crippen molar-refractivity contribution in [3.63, 3.8) is 0 Å². The number of fused-ring (bicyclic) bond motifs is 1. The Kier molecular flexibility index (Phi) is 5.25. The van der Waals surface area contributed by atoms with E-state index in [-0.39, 0.29) is 11.9 Å². The number of carbonyl (C=O) groups excluding carboxylic acids is 2. The van der Waals surface area contributed by atoms with Gasteiger partial charge in [0.05, 0.1) is 18.2 Å². The second kappa shape index (κ2) is 7.57. The lowest BCUT2D eigenvalue weighted by Gasteiger charge is -2.11. The molecule has 0 aromatic carbocycles. The molecule has 2 heterocycles. The number of thiophene rings is 1. The van der Waals surface area contributed by atoms with Gasteiger partial charge in [0.15, 0.2) is 0 Å². The lowest BCUT2D eigenvalue weighted by Crippen LogP contribution is -2.15. The van der Waals surface area contributed by atoms with Crippen molar-refractivity contribution in [1.29, 1.82) is 0 Å². The Morgan fingerprint density at radius 1 is 1.21 bits per heavy atom. The van der Waals surface area contributed by atoms with Gasteiger partial charge >= 0.3 is 5.97 Å². The molecule has 0 aliphatic heterocycles. The fraction of sp³-hybridized carbons (Fsp3) is 0.389. The number of aryl methyl sites for hydroxylation is 1. The molecule has 0 atom stereocenters. The van der Waals surface area contributed by atoms with Gasteiger partial charge in [0, 0.05) is 17.3 Å². The molecule has 126 valence electrons. The van der Waals surface area contributed by atoms with Crippen molar-refractivity contribution < 1.29 is 14.3 Å². The van der Waals surface area contributed by atoms with Gasteiger partial charge in [0.25, 0.3) is 5.91 Å². The third kappa shape index (κ3) is 3.48. The number of aromatic nitrogens is 1. The van der Waals surface area contributed by atoms with Crippen LogP contribution >= 0.6 is 11.3 Å². The summed E-state index contributed by atoms with van der Waals surface area (Å²) in [5.74, 6) is -0.642. The number of nitrogens with one attached hydrogen (secondary N) is 1. The third-order valence-corrected chi connectivity index (χ3v) is 5.42. The molecule has 0 spiro atoms. The maximum atomic E-state index is 12.4. The zero-order valence-corrected chi connectivity index (χ0v) is 14.4. The molecule has 1 N–H and O–H groups in total. The zero-order valence-electron chi connectivity index (χ0n) is 13.6. The third-order valence-electron chi connectivity index (χ3n) is 4.21. The van der Waals surface area contributed by atoms with Crippen molar-refractivity contribution in [3.05, 3.63) is 46.1 Å². The highest BCUT2D eigenvalue weighted by Crippen LogP contribution is 2.37. The number of hydrogen-bond donors (Lipinski definition) is 1. The number of esters is 1. The van der Waals surface area contributed by atoms with E-state index in [1.54, 1.807) is 18.3 Å². The van der Waals surface area contributed by atoms with Crippen LogP contribution in [0.15, 0.2) is 24.5 Å². The van der Waals surface area contributed by atoms with Crippen LogP contribution in [0.2, 0.25) is 0 Å². The van der Waals surface area contributed by atoms with Gasteiger partial charge in [-0.25, -0.2) is 4.79 Å². The van der Waals surface area contributed by atoms with E-state index in [1.165, 1.54) is 42.4 Å². The lowest BCUT2D eigenvalue weighted by molar-refractivity contribution is 0.0601. The molecule has 5 nitrogen and oxygen atoms in total. The van der Waals surface area contributed by atoms with Crippen molar-refractivity contribution in [2.45, 2.75) is 38.5 Å².